The third kappa shape index (κ3) is 3.05. The maximum atomic E-state index is 15.0. The van der Waals surface area contributed by atoms with E-state index in [1.165, 1.54) is 0 Å². The van der Waals surface area contributed by atoms with Crippen molar-refractivity contribution in [1.29, 1.82) is 0 Å². The fourth-order valence-corrected chi connectivity index (χ4v) is 6.96. The molecule has 0 amide bonds. The summed E-state index contributed by atoms with van der Waals surface area (Å²) in [5.41, 5.74) is -4.18. The molecule has 3 atom stereocenters. The Morgan fingerprint density at radius 2 is 1.65 bits per heavy atom. The van der Waals surface area contributed by atoms with Crippen LogP contribution in [0.4, 0.5) is 22.0 Å². The molecule has 2 aromatic carbocycles. The summed E-state index contributed by atoms with van der Waals surface area (Å²) in [6.45, 7) is -0.753. The summed E-state index contributed by atoms with van der Waals surface area (Å²) in [5, 5.41) is 21.4. The van der Waals surface area contributed by atoms with Crippen LogP contribution in [0.2, 0.25) is 0 Å². The molecular weight excluding hydrogens is 447 g/mol. The molecule has 1 aliphatic heterocycles. The number of rotatable bonds is 2. The quantitative estimate of drug-likeness (QED) is 0.667. The second kappa shape index (κ2) is 6.88. The lowest BCUT2D eigenvalue weighted by molar-refractivity contribution is -0.137. The van der Waals surface area contributed by atoms with Crippen LogP contribution in [-0.2, 0) is 20.8 Å². The van der Waals surface area contributed by atoms with Crippen molar-refractivity contribution >= 4 is 9.84 Å². The van der Waals surface area contributed by atoms with Gasteiger partial charge in [0.05, 0.1) is 22.1 Å². The number of hydrogen-bond donors (Lipinski definition) is 2. The zero-order chi connectivity index (χ0) is 22.8. The molecule has 0 unspecified atom stereocenters. The lowest BCUT2D eigenvalue weighted by Crippen LogP contribution is -2.65. The number of halogens is 5. The Morgan fingerprint density at radius 1 is 1.03 bits per heavy atom. The van der Waals surface area contributed by atoms with Crippen LogP contribution in [0.5, 0.6) is 5.75 Å². The van der Waals surface area contributed by atoms with Gasteiger partial charge in [-0.05, 0) is 49.2 Å². The minimum absolute atomic E-state index is 0.169. The molecule has 0 saturated heterocycles. The average molecular weight is 464 g/mol. The maximum absolute atomic E-state index is 15.0. The van der Waals surface area contributed by atoms with E-state index in [1.807, 2.05) is 0 Å². The molecule has 168 valence electrons. The second-order valence-electron chi connectivity index (χ2n) is 7.80. The smallest absolute Gasteiger partial charge is 0.416 e. The number of fused-ring (bicyclic) bond motifs is 3. The summed E-state index contributed by atoms with van der Waals surface area (Å²) < 4.78 is 98.4. The first-order valence-electron chi connectivity index (χ1n) is 9.27. The van der Waals surface area contributed by atoms with Gasteiger partial charge in [0.25, 0.3) is 0 Å². The Balaban J connectivity index is 2.00. The van der Waals surface area contributed by atoms with Crippen LogP contribution in [-0.4, -0.2) is 36.9 Å². The molecule has 0 bridgehead atoms. The summed E-state index contributed by atoms with van der Waals surface area (Å²) >= 11 is 0. The molecule has 2 aliphatic rings. The number of ether oxygens (including phenoxy) is 1. The summed E-state index contributed by atoms with van der Waals surface area (Å²) in [6, 6.07) is 3.98. The molecule has 5 nitrogen and oxygen atoms in total. The second-order valence-corrected chi connectivity index (χ2v) is 9.98. The molecule has 31 heavy (non-hydrogen) atoms. The first-order valence-corrected chi connectivity index (χ1v) is 10.8. The van der Waals surface area contributed by atoms with E-state index < -0.39 is 85.3 Å². The highest BCUT2D eigenvalue weighted by atomic mass is 32.2. The van der Waals surface area contributed by atoms with E-state index in [0.717, 1.165) is 6.07 Å². The van der Waals surface area contributed by atoms with Gasteiger partial charge in [-0.15, -0.1) is 0 Å². The molecule has 1 saturated carbocycles. The first-order chi connectivity index (χ1) is 14.3. The fraction of sp³-hybridized carbons (Fsp3) is 0.400. The van der Waals surface area contributed by atoms with E-state index in [-0.39, 0.29) is 6.42 Å². The van der Waals surface area contributed by atoms with Gasteiger partial charge < -0.3 is 14.9 Å². The highest BCUT2D eigenvalue weighted by Gasteiger charge is 2.67. The van der Waals surface area contributed by atoms with Crippen LogP contribution < -0.4 is 4.74 Å². The number of benzene rings is 2. The number of aliphatic hydroxyl groups excluding tert-OH is 1. The monoisotopic (exact) mass is 464 g/mol. The predicted molar refractivity (Wildman–Crippen MR) is 97.0 cm³/mol. The SMILES string of the molecule is O=S(=O)(c1ccc(C(F)(F)F)cc1)[C@@]12CC[C@@H](O)C[C@]1(O)COc1c(F)ccc(F)c12. The minimum atomic E-state index is -4.80. The average Bonchev–Trinajstić information content (AvgIpc) is 2.69. The molecule has 11 heteroatoms. The summed E-state index contributed by atoms with van der Waals surface area (Å²) in [6.07, 6.45) is -7.02. The summed E-state index contributed by atoms with van der Waals surface area (Å²) in [5.74, 6) is -2.88. The van der Waals surface area contributed by atoms with Gasteiger partial charge in [0.15, 0.2) is 21.4 Å². The van der Waals surface area contributed by atoms with E-state index >= 15 is 0 Å². The van der Waals surface area contributed by atoms with Crippen molar-refractivity contribution in [2.75, 3.05) is 6.61 Å². The van der Waals surface area contributed by atoms with Gasteiger partial charge in [-0.25, -0.2) is 17.2 Å². The Kier molecular flexibility index (Phi) is 4.88. The highest BCUT2D eigenvalue weighted by molar-refractivity contribution is 7.92. The van der Waals surface area contributed by atoms with Crippen molar-refractivity contribution in [2.45, 2.75) is 46.8 Å². The van der Waals surface area contributed by atoms with E-state index in [0.29, 0.717) is 30.3 Å². The van der Waals surface area contributed by atoms with E-state index in [2.05, 4.69) is 0 Å². The number of hydrogen-bond acceptors (Lipinski definition) is 5. The standard InChI is InChI=1S/C20H17F5O5S/c21-14-5-6-15(22)17-16(14)19(8-7-12(26)9-18(19,27)10-30-17)31(28,29)13-3-1-11(2-4-13)20(23,24)25/h1-6,12,26-27H,7-10H2/t12-,18+,19-/m1/s1. The Hall–Kier alpha value is -2.24. The molecule has 1 heterocycles. The third-order valence-corrected chi connectivity index (χ3v) is 8.62. The molecule has 1 fully saturated rings. The van der Waals surface area contributed by atoms with Gasteiger partial charge in [-0.2, -0.15) is 13.2 Å². The van der Waals surface area contributed by atoms with E-state index in [1.54, 1.807) is 0 Å². The van der Waals surface area contributed by atoms with Gasteiger partial charge in [0.2, 0.25) is 0 Å². The maximum Gasteiger partial charge on any atom is 0.416 e. The summed E-state index contributed by atoms with van der Waals surface area (Å²) in [7, 11) is -4.80. The van der Waals surface area contributed by atoms with Crippen molar-refractivity contribution in [3.05, 3.63) is 59.2 Å². The van der Waals surface area contributed by atoms with Crippen LogP contribution in [0.25, 0.3) is 0 Å². The normalized spacial score (nSPS) is 28.4. The zero-order valence-electron chi connectivity index (χ0n) is 15.8. The molecule has 1 aliphatic carbocycles. The minimum Gasteiger partial charge on any atom is -0.487 e. The van der Waals surface area contributed by atoms with Crippen molar-refractivity contribution < 1.29 is 45.3 Å². The molecule has 2 aromatic rings. The molecule has 0 spiro atoms. The van der Waals surface area contributed by atoms with Gasteiger partial charge in [-0.3, -0.25) is 0 Å². The van der Waals surface area contributed by atoms with Crippen LogP contribution in [0.3, 0.4) is 0 Å². The number of alkyl halides is 3. The van der Waals surface area contributed by atoms with Gasteiger partial charge in [0.1, 0.15) is 22.8 Å². The predicted octanol–water partition coefficient (Wildman–Crippen LogP) is 3.32. The van der Waals surface area contributed by atoms with Crippen molar-refractivity contribution in [3.8, 4) is 5.75 Å². The van der Waals surface area contributed by atoms with Crippen LogP contribution in [0.15, 0.2) is 41.3 Å². The summed E-state index contributed by atoms with van der Waals surface area (Å²) in [4.78, 5) is -0.605. The Labute approximate surface area is 174 Å². The lowest BCUT2D eigenvalue weighted by atomic mass is 9.68. The Morgan fingerprint density at radius 3 is 2.26 bits per heavy atom. The molecule has 0 radical (unpaired) electrons. The fourth-order valence-electron chi connectivity index (χ4n) is 4.58. The molecule has 0 aromatic heterocycles. The topological polar surface area (TPSA) is 83.8 Å². The van der Waals surface area contributed by atoms with Crippen molar-refractivity contribution in [2.24, 2.45) is 0 Å². The van der Waals surface area contributed by atoms with Crippen LogP contribution in [0, 0.1) is 11.6 Å². The van der Waals surface area contributed by atoms with Gasteiger partial charge in [-0.1, -0.05) is 0 Å². The van der Waals surface area contributed by atoms with Crippen molar-refractivity contribution in [3.63, 3.8) is 0 Å². The zero-order valence-corrected chi connectivity index (χ0v) is 16.6. The largest absolute Gasteiger partial charge is 0.487 e. The first kappa shape index (κ1) is 22.0. The van der Waals surface area contributed by atoms with Gasteiger partial charge in [0, 0.05) is 6.42 Å². The van der Waals surface area contributed by atoms with Crippen molar-refractivity contribution in [1.82, 2.24) is 0 Å². The van der Waals surface area contributed by atoms with Gasteiger partial charge >= 0.3 is 6.18 Å². The molecular formula is C20H17F5O5S. The van der Waals surface area contributed by atoms with Crippen LogP contribution in [0.1, 0.15) is 30.4 Å². The highest BCUT2D eigenvalue weighted by Crippen LogP contribution is 2.58. The molecule has 2 N–H and O–H groups in total. The number of sulfone groups is 1. The number of aliphatic hydroxyl groups is 2. The lowest BCUT2D eigenvalue weighted by Gasteiger charge is -2.53. The van der Waals surface area contributed by atoms with Crippen LogP contribution >= 0.6 is 0 Å². The molecule has 4 rings (SSSR count). The Bertz CT molecular complexity index is 1130. The third-order valence-electron chi connectivity index (χ3n) is 6.02. The van der Waals surface area contributed by atoms with E-state index in [9.17, 15) is 40.6 Å². The van der Waals surface area contributed by atoms with E-state index in [4.69, 9.17) is 4.74 Å².